The molecule has 1 aliphatic heterocycles. The number of hydrogen-bond donors (Lipinski definition) is 2. The molecule has 0 bridgehead atoms. The molecule has 0 aromatic heterocycles. The van der Waals surface area contributed by atoms with Crippen molar-refractivity contribution in [1.82, 2.24) is 10.2 Å². The standard InChI is InChI=1S/C25H27Cl2F3N2O3/c1-2-20(13-31-14-25(28,29)30)32-23(15-6-8-18(26)9-7-15)21(16-4-3-5-19(27)10-16)11-17(24(32)35)12-22(33)34/h3-10,17,20-21,23,31H,2,11-14H2,1H3,(H,33,34)/t17-,20+,21?,23-/m1/s1. The fourth-order valence-corrected chi connectivity index (χ4v) is 5.12. The number of benzene rings is 2. The van der Waals surface area contributed by atoms with Crippen molar-refractivity contribution < 1.29 is 27.9 Å². The first kappa shape index (κ1) is 27.3. The van der Waals surface area contributed by atoms with Gasteiger partial charge >= 0.3 is 12.1 Å². The number of carbonyl (C=O) groups excluding carboxylic acids is 1. The van der Waals surface area contributed by atoms with Gasteiger partial charge in [0.05, 0.1) is 19.0 Å². The van der Waals surface area contributed by atoms with Crippen molar-refractivity contribution in [1.29, 1.82) is 0 Å². The molecule has 1 saturated heterocycles. The summed E-state index contributed by atoms with van der Waals surface area (Å²) >= 11 is 12.3. The van der Waals surface area contributed by atoms with Crippen molar-refractivity contribution in [2.24, 2.45) is 5.92 Å². The smallest absolute Gasteiger partial charge is 0.401 e. The molecule has 2 aromatic carbocycles. The summed E-state index contributed by atoms with van der Waals surface area (Å²) in [5.74, 6) is -2.64. The summed E-state index contributed by atoms with van der Waals surface area (Å²) in [6.45, 7) is 0.517. The zero-order valence-electron chi connectivity index (χ0n) is 19.1. The number of hydrogen-bond acceptors (Lipinski definition) is 3. The van der Waals surface area contributed by atoms with E-state index in [0.29, 0.717) is 16.5 Å². The Morgan fingerprint density at radius 1 is 1.14 bits per heavy atom. The van der Waals surface area contributed by atoms with Crippen LogP contribution in [0.3, 0.4) is 0 Å². The molecule has 1 unspecified atom stereocenters. The van der Waals surface area contributed by atoms with E-state index in [2.05, 4.69) is 5.32 Å². The Bertz CT molecular complexity index is 1030. The molecule has 1 amide bonds. The van der Waals surface area contributed by atoms with E-state index in [1.54, 1.807) is 54.3 Å². The number of carboxylic acid groups (broad SMARTS) is 1. The van der Waals surface area contributed by atoms with Gasteiger partial charge < -0.3 is 15.3 Å². The number of aliphatic carboxylic acids is 1. The number of halogens is 5. The van der Waals surface area contributed by atoms with E-state index in [0.717, 1.165) is 11.1 Å². The average molecular weight is 531 g/mol. The van der Waals surface area contributed by atoms with Crippen molar-refractivity contribution in [3.8, 4) is 0 Å². The Labute approximate surface area is 212 Å². The maximum atomic E-state index is 13.7. The summed E-state index contributed by atoms with van der Waals surface area (Å²) in [4.78, 5) is 26.8. The lowest BCUT2D eigenvalue weighted by Gasteiger charge is -2.48. The minimum Gasteiger partial charge on any atom is -0.481 e. The largest absolute Gasteiger partial charge is 0.481 e. The summed E-state index contributed by atoms with van der Waals surface area (Å²) in [5, 5.41) is 12.9. The molecule has 2 aromatic rings. The van der Waals surface area contributed by atoms with Crippen LogP contribution < -0.4 is 5.32 Å². The van der Waals surface area contributed by atoms with Crippen LogP contribution in [0.2, 0.25) is 10.0 Å². The highest BCUT2D eigenvalue weighted by Crippen LogP contribution is 2.47. The molecular weight excluding hydrogens is 504 g/mol. The van der Waals surface area contributed by atoms with Gasteiger partial charge in [-0.1, -0.05) is 54.4 Å². The fourth-order valence-electron chi connectivity index (χ4n) is 4.79. The summed E-state index contributed by atoms with van der Waals surface area (Å²) in [5.41, 5.74) is 1.58. The SMILES string of the molecule is CC[C@@H](CNCC(F)(F)F)N1C(=O)[C@@H](CC(=O)O)CC(c2cccc(Cl)c2)[C@H]1c1ccc(Cl)cc1. The summed E-state index contributed by atoms with van der Waals surface area (Å²) in [6, 6.07) is 13.0. The molecule has 190 valence electrons. The summed E-state index contributed by atoms with van der Waals surface area (Å²) in [7, 11) is 0. The highest BCUT2D eigenvalue weighted by molar-refractivity contribution is 6.30. The van der Waals surface area contributed by atoms with Crippen LogP contribution >= 0.6 is 23.2 Å². The van der Waals surface area contributed by atoms with E-state index >= 15 is 0 Å². The van der Waals surface area contributed by atoms with Gasteiger partial charge in [0.2, 0.25) is 5.91 Å². The van der Waals surface area contributed by atoms with E-state index in [4.69, 9.17) is 23.2 Å². The molecule has 1 aliphatic rings. The van der Waals surface area contributed by atoms with Crippen molar-refractivity contribution in [2.75, 3.05) is 13.1 Å². The van der Waals surface area contributed by atoms with Gasteiger partial charge in [0, 0.05) is 34.5 Å². The second-order valence-corrected chi connectivity index (χ2v) is 9.61. The third-order valence-corrected chi connectivity index (χ3v) is 6.79. The molecule has 4 atom stereocenters. The van der Waals surface area contributed by atoms with Gasteiger partial charge in [-0.25, -0.2) is 0 Å². The molecule has 2 N–H and O–H groups in total. The molecule has 0 spiro atoms. The van der Waals surface area contributed by atoms with Crippen molar-refractivity contribution >= 4 is 35.1 Å². The fraction of sp³-hybridized carbons (Fsp3) is 0.440. The maximum Gasteiger partial charge on any atom is 0.401 e. The Kier molecular flexibility index (Phi) is 9.07. The van der Waals surface area contributed by atoms with E-state index in [-0.39, 0.29) is 31.2 Å². The minimum absolute atomic E-state index is 0.0894. The van der Waals surface area contributed by atoms with Crippen LogP contribution in [0.25, 0.3) is 0 Å². The Hall–Kier alpha value is -2.29. The van der Waals surface area contributed by atoms with Crippen molar-refractivity contribution in [2.45, 2.75) is 50.4 Å². The first-order chi connectivity index (χ1) is 16.5. The normalized spacial score (nSPS) is 21.7. The van der Waals surface area contributed by atoms with Crippen LogP contribution in [0, 0.1) is 5.92 Å². The first-order valence-electron chi connectivity index (χ1n) is 11.3. The van der Waals surface area contributed by atoms with Crippen LogP contribution in [0.15, 0.2) is 48.5 Å². The van der Waals surface area contributed by atoms with Gasteiger partial charge in [0.25, 0.3) is 0 Å². The Balaban J connectivity index is 2.09. The van der Waals surface area contributed by atoms with Crippen molar-refractivity contribution in [3.05, 3.63) is 69.7 Å². The summed E-state index contributed by atoms with van der Waals surface area (Å²) in [6.07, 6.45) is -4.12. The second kappa shape index (κ2) is 11.6. The molecule has 0 radical (unpaired) electrons. The molecule has 0 saturated carbocycles. The zero-order chi connectivity index (χ0) is 25.8. The minimum atomic E-state index is -4.39. The van der Waals surface area contributed by atoms with Crippen LogP contribution in [0.1, 0.15) is 49.3 Å². The molecular formula is C25H27Cl2F3N2O3. The molecule has 35 heavy (non-hydrogen) atoms. The Morgan fingerprint density at radius 2 is 1.83 bits per heavy atom. The van der Waals surface area contributed by atoms with Gasteiger partial charge in [-0.05, 0) is 48.2 Å². The third-order valence-electron chi connectivity index (χ3n) is 6.30. The predicted octanol–water partition coefficient (Wildman–Crippen LogP) is 6.07. The number of rotatable bonds is 9. The van der Waals surface area contributed by atoms with Crippen LogP contribution in [0.4, 0.5) is 13.2 Å². The molecule has 0 aliphatic carbocycles. The molecule has 3 rings (SSSR count). The van der Waals surface area contributed by atoms with Gasteiger partial charge in [0.1, 0.15) is 0 Å². The second-order valence-electron chi connectivity index (χ2n) is 8.74. The topological polar surface area (TPSA) is 69.6 Å². The van der Waals surface area contributed by atoms with E-state index in [1.807, 2.05) is 6.07 Å². The number of nitrogens with one attached hydrogen (secondary N) is 1. The number of carbonyl (C=O) groups is 2. The number of amides is 1. The van der Waals surface area contributed by atoms with Gasteiger partial charge in [-0.2, -0.15) is 13.2 Å². The molecule has 10 heteroatoms. The monoisotopic (exact) mass is 530 g/mol. The Morgan fingerprint density at radius 3 is 2.40 bits per heavy atom. The summed E-state index contributed by atoms with van der Waals surface area (Å²) < 4.78 is 38.4. The van der Waals surface area contributed by atoms with E-state index < -0.39 is 36.7 Å². The molecule has 1 heterocycles. The average Bonchev–Trinajstić information content (AvgIpc) is 2.78. The highest BCUT2D eigenvalue weighted by atomic mass is 35.5. The molecule has 5 nitrogen and oxygen atoms in total. The lowest BCUT2D eigenvalue weighted by molar-refractivity contribution is -0.152. The van der Waals surface area contributed by atoms with Crippen molar-refractivity contribution in [3.63, 3.8) is 0 Å². The third kappa shape index (κ3) is 7.12. The van der Waals surface area contributed by atoms with Gasteiger partial charge in [-0.15, -0.1) is 0 Å². The van der Waals surface area contributed by atoms with Gasteiger partial charge in [-0.3, -0.25) is 9.59 Å². The van der Waals surface area contributed by atoms with Crippen LogP contribution in [-0.2, 0) is 9.59 Å². The first-order valence-corrected chi connectivity index (χ1v) is 12.1. The van der Waals surface area contributed by atoms with E-state index in [9.17, 15) is 27.9 Å². The molecule has 1 fully saturated rings. The number of nitrogens with zero attached hydrogens (tertiary/aromatic N) is 1. The lowest BCUT2D eigenvalue weighted by atomic mass is 9.74. The van der Waals surface area contributed by atoms with E-state index in [1.165, 1.54) is 0 Å². The predicted molar refractivity (Wildman–Crippen MR) is 129 cm³/mol. The maximum absolute atomic E-state index is 13.7. The van der Waals surface area contributed by atoms with Crippen LogP contribution in [-0.4, -0.2) is 47.2 Å². The number of likely N-dealkylation sites (tertiary alicyclic amines) is 1. The quantitative estimate of drug-likeness (QED) is 0.412. The zero-order valence-corrected chi connectivity index (χ0v) is 20.6. The number of carboxylic acids is 1. The lowest BCUT2D eigenvalue weighted by Crippen LogP contribution is -2.55. The number of alkyl halides is 3. The number of piperidine rings is 1. The van der Waals surface area contributed by atoms with Crippen LogP contribution in [0.5, 0.6) is 0 Å². The van der Waals surface area contributed by atoms with Gasteiger partial charge in [0.15, 0.2) is 0 Å². The highest BCUT2D eigenvalue weighted by Gasteiger charge is 2.46.